The molecule has 104 valence electrons. The third-order valence-electron chi connectivity index (χ3n) is 2.84. The summed E-state index contributed by atoms with van der Waals surface area (Å²) in [5.74, 6) is 1.42. The molecule has 20 heavy (non-hydrogen) atoms. The van der Waals surface area contributed by atoms with Crippen LogP contribution >= 0.6 is 11.8 Å². The van der Waals surface area contributed by atoms with Gasteiger partial charge in [0, 0.05) is 10.5 Å². The first-order chi connectivity index (χ1) is 9.74. The first kappa shape index (κ1) is 14.5. The van der Waals surface area contributed by atoms with Crippen molar-refractivity contribution >= 4 is 17.5 Å². The Balaban J connectivity index is 2.01. The van der Waals surface area contributed by atoms with Crippen LogP contribution in [0.25, 0.3) is 0 Å². The average Bonchev–Trinajstić information content (AvgIpc) is 2.53. The summed E-state index contributed by atoms with van der Waals surface area (Å²) >= 11 is 1.60. The van der Waals surface area contributed by atoms with E-state index in [2.05, 4.69) is 0 Å². The van der Waals surface area contributed by atoms with E-state index in [1.54, 1.807) is 43.1 Å². The molecule has 0 spiro atoms. The lowest BCUT2D eigenvalue weighted by Gasteiger charge is -2.09. The van der Waals surface area contributed by atoms with Crippen molar-refractivity contribution in [3.05, 3.63) is 54.1 Å². The summed E-state index contributed by atoms with van der Waals surface area (Å²) in [6.07, 6.45) is 1.98. The van der Waals surface area contributed by atoms with Gasteiger partial charge in [-0.3, -0.25) is 4.79 Å². The van der Waals surface area contributed by atoms with Crippen molar-refractivity contribution < 1.29 is 14.3 Å². The van der Waals surface area contributed by atoms with Gasteiger partial charge in [0.2, 0.25) is 0 Å². The van der Waals surface area contributed by atoms with Gasteiger partial charge in [-0.2, -0.15) is 0 Å². The second-order valence-corrected chi connectivity index (χ2v) is 4.94. The number of ketones is 1. The van der Waals surface area contributed by atoms with Gasteiger partial charge in [-0.05, 0) is 42.7 Å². The SMILES string of the molecule is COc1ccc(C(=O)COc2ccccc2SC)cc1. The molecule has 0 aliphatic rings. The molecule has 0 saturated carbocycles. The number of carbonyl (C=O) groups excluding carboxylic acids is 1. The Morgan fingerprint density at radius 1 is 1.10 bits per heavy atom. The van der Waals surface area contributed by atoms with Crippen LogP contribution in [0, 0.1) is 0 Å². The van der Waals surface area contributed by atoms with Crippen molar-refractivity contribution in [3.63, 3.8) is 0 Å². The molecule has 0 fully saturated rings. The fourth-order valence-corrected chi connectivity index (χ4v) is 2.28. The Morgan fingerprint density at radius 2 is 1.80 bits per heavy atom. The Bertz CT molecular complexity index is 579. The molecule has 0 aliphatic heterocycles. The molecule has 0 aromatic heterocycles. The molecule has 0 bridgehead atoms. The van der Waals surface area contributed by atoms with E-state index < -0.39 is 0 Å². The maximum atomic E-state index is 12.0. The summed E-state index contributed by atoms with van der Waals surface area (Å²) in [4.78, 5) is 13.1. The molecule has 0 N–H and O–H groups in total. The number of benzene rings is 2. The molecule has 3 nitrogen and oxygen atoms in total. The van der Waals surface area contributed by atoms with Crippen LogP contribution in [0.15, 0.2) is 53.4 Å². The van der Waals surface area contributed by atoms with Gasteiger partial charge in [0.25, 0.3) is 0 Å². The van der Waals surface area contributed by atoms with E-state index in [1.807, 2.05) is 30.5 Å². The van der Waals surface area contributed by atoms with Gasteiger partial charge in [0.15, 0.2) is 12.4 Å². The zero-order chi connectivity index (χ0) is 14.4. The smallest absolute Gasteiger partial charge is 0.200 e. The van der Waals surface area contributed by atoms with Gasteiger partial charge in [0.1, 0.15) is 11.5 Å². The molecule has 2 aromatic carbocycles. The minimum absolute atomic E-state index is 0.0316. The number of carbonyl (C=O) groups is 1. The standard InChI is InChI=1S/C16H16O3S/c1-18-13-9-7-12(8-10-13)14(17)11-19-15-5-3-4-6-16(15)20-2/h3-10H,11H2,1-2H3. The quantitative estimate of drug-likeness (QED) is 0.600. The van der Waals surface area contributed by atoms with E-state index in [4.69, 9.17) is 9.47 Å². The highest BCUT2D eigenvalue weighted by Crippen LogP contribution is 2.26. The van der Waals surface area contributed by atoms with Gasteiger partial charge in [-0.15, -0.1) is 11.8 Å². The molecule has 2 aromatic rings. The number of rotatable bonds is 6. The molecule has 0 saturated heterocycles. The van der Waals surface area contributed by atoms with Gasteiger partial charge < -0.3 is 9.47 Å². The summed E-state index contributed by atoms with van der Waals surface area (Å²) in [5.41, 5.74) is 0.618. The van der Waals surface area contributed by atoms with E-state index in [9.17, 15) is 4.79 Å². The van der Waals surface area contributed by atoms with Gasteiger partial charge in [-0.25, -0.2) is 0 Å². The monoisotopic (exact) mass is 288 g/mol. The highest BCUT2D eigenvalue weighted by molar-refractivity contribution is 7.98. The van der Waals surface area contributed by atoms with Crippen LogP contribution < -0.4 is 9.47 Å². The maximum Gasteiger partial charge on any atom is 0.200 e. The molecule has 0 atom stereocenters. The molecule has 4 heteroatoms. The van der Waals surface area contributed by atoms with Gasteiger partial charge in [0.05, 0.1) is 7.11 Å². The predicted octanol–water partition coefficient (Wildman–Crippen LogP) is 3.68. The lowest BCUT2D eigenvalue weighted by molar-refractivity contribution is 0.0919. The number of para-hydroxylation sites is 1. The summed E-state index contributed by atoms with van der Waals surface area (Å²) in [7, 11) is 1.60. The predicted molar refractivity (Wildman–Crippen MR) is 81.0 cm³/mol. The van der Waals surface area contributed by atoms with Crippen molar-refractivity contribution in [2.45, 2.75) is 4.90 Å². The second-order valence-electron chi connectivity index (χ2n) is 4.09. The minimum Gasteiger partial charge on any atom is -0.497 e. The number of methoxy groups -OCH3 is 1. The molecule has 0 amide bonds. The summed E-state index contributed by atoms with van der Waals surface area (Å²) in [6.45, 7) is 0.0316. The zero-order valence-electron chi connectivity index (χ0n) is 11.5. The van der Waals surface area contributed by atoms with Crippen LogP contribution in [0.5, 0.6) is 11.5 Å². The van der Waals surface area contributed by atoms with E-state index in [0.29, 0.717) is 5.56 Å². The molecule has 0 aliphatic carbocycles. The first-order valence-electron chi connectivity index (χ1n) is 6.17. The van der Waals surface area contributed by atoms with E-state index in [0.717, 1.165) is 16.4 Å². The van der Waals surface area contributed by atoms with Crippen LogP contribution in [0.4, 0.5) is 0 Å². The normalized spacial score (nSPS) is 10.1. The minimum atomic E-state index is -0.0523. The number of Topliss-reactive ketones (excluding diaryl/α,β-unsaturated/α-hetero) is 1. The van der Waals surface area contributed by atoms with Gasteiger partial charge in [-0.1, -0.05) is 12.1 Å². The average molecular weight is 288 g/mol. The summed E-state index contributed by atoms with van der Waals surface area (Å²) in [6, 6.07) is 14.7. The van der Waals surface area contributed by atoms with E-state index >= 15 is 0 Å². The van der Waals surface area contributed by atoms with Crippen LogP contribution in [0.1, 0.15) is 10.4 Å². The lowest BCUT2D eigenvalue weighted by Crippen LogP contribution is -2.11. The van der Waals surface area contributed by atoms with Crippen LogP contribution in [0.3, 0.4) is 0 Å². The van der Waals surface area contributed by atoms with Crippen molar-refractivity contribution in [3.8, 4) is 11.5 Å². The summed E-state index contributed by atoms with van der Waals surface area (Å²) < 4.78 is 10.7. The summed E-state index contributed by atoms with van der Waals surface area (Å²) in [5, 5.41) is 0. The fourth-order valence-electron chi connectivity index (χ4n) is 1.74. The maximum absolute atomic E-state index is 12.0. The van der Waals surface area contributed by atoms with Crippen molar-refractivity contribution in [1.29, 1.82) is 0 Å². The largest absolute Gasteiger partial charge is 0.497 e. The number of thioether (sulfide) groups is 1. The topological polar surface area (TPSA) is 35.5 Å². The highest BCUT2D eigenvalue weighted by Gasteiger charge is 2.08. The third-order valence-corrected chi connectivity index (χ3v) is 3.62. The number of hydrogen-bond donors (Lipinski definition) is 0. The molecule has 0 unspecified atom stereocenters. The zero-order valence-corrected chi connectivity index (χ0v) is 12.3. The Labute approximate surface area is 122 Å². The molecule has 0 radical (unpaired) electrons. The van der Waals surface area contributed by atoms with Crippen LogP contribution in [0.2, 0.25) is 0 Å². The molecule has 0 heterocycles. The third kappa shape index (κ3) is 3.54. The van der Waals surface area contributed by atoms with Crippen molar-refractivity contribution in [2.24, 2.45) is 0 Å². The Hall–Kier alpha value is -1.94. The van der Waals surface area contributed by atoms with Crippen LogP contribution in [-0.2, 0) is 0 Å². The van der Waals surface area contributed by atoms with Gasteiger partial charge >= 0.3 is 0 Å². The second kappa shape index (κ2) is 7.01. The van der Waals surface area contributed by atoms with Crippen molar-refractivity contribution in [1.82, 2.24) is 0 Å². The lowest BCUT2D eigenvalue weighted by atomic mass is 10.1. The van der Waals surface area contributed by atoms with E-state index in [-0.39, 0.29) is 12.4 Å². The fraction of sp³-hybridized carbons (Fsp3) is 0.188. The van der Waals surface area contributed by atoms with Crippen molar-refractivity contribution in [2.75, 3.05) is 20.0 Å². The van der Waals surface area contributed by atoms with E-state index in [1.165, 1.54) is 0 Å². The number of ether oxygens (including phenoxy) is 2. The molecular formula is C16H16O3S. The molecular weight excluding hydrogens is 272 g/mol. The molecule has 2 rings (SSSR count). The first-order valence-corrected chi connectivity index (χ1v) is 7.40. The van der Waals surface area contributed by atoms with Crippen LogP contribution in [-0.4, -0.2) is 25.8 Å². The Morgan fingerprint density at radius 3 is 2.45 bits per heavy atom. The Kier molecular flexibility index (Phi) is 5.07. The number of hydrogen-bond acceptors (Lipinski definition) is 4. The highest BCUT2D eigenvalue weighted by atomic mass is 32.2.